The van der Waals surface area contributed by atoms with Crippen LogP contribution in [0.25, 0.3) is 11.1 Å². The van der Waals surface area contributed by atoms with Crippen molar-refractivity contribution in [2.24, 2.45) is 0 Å². The maximum Gasteiger partial charge on any atom is 0.254 e. The molecule has 1 aliphatic rings. The summed E-state index contributed by atoms with van der Waals surface area (Å²) >= 11 is 0. The van der Waals surface area contributed by atoms with Crippen molar-refractivity contribution in [3.8, 4) is 11.1 Å². The fourth-order valence-electron chi connectivity index (χ4n) is 3.51. The van der Waals surface area contributed by atoms with Gasteiger partial charge in [-0.25, -0.2) is 4.39 Å². The van der Waals surface area contributed by atoms with Crippen molar-refractivity contribution < 1.29 is 4.39 Å². The van der Waals surface area contributed by atoms with Gasteiger partial charge in [-0.1, -0.05) is 12.1 Å². The molecule has 1 unspecified atom stereocenters. The molecule has 3 heterocycles. The highest BCUT2D eigenvalue weighted by atomic mass is 19.1. The standard InChI is InChI=1S/C18H19FN6O/c19-13-5-3-11(4-6-13)14-9-21-24-17(14)12-2-1-7-25(10-12)15-8-16(26)23-18(20)22-15/h3-6,8-9,12H,1-2,7,10H2,(H,21,24)(H3,20,22,23,26). The molecule has 134 valence electrons. The zero-order valence-electron chi connectivity index (χ0n) is 14.1. The largest absolute Gasteiger partial charge is 0.369 e. The molecule has 0 radical (unpaired) electrons. The third-order valence-electron chi connectivity index (χ3n) is 4.72. The molecule has 7 nitrogen and oxygen atoms in total. The molecule has 0 aliphatic carbocycles. The second kappa shape index (κ2) is 6.62. The van der Waals surface area contributed by atoms with Crippen LogP contribution in [0.3, 0.4) is 0 Å². The molecule has 1 saturated heterocycles. The number of nitrogens with zero attached hydrogens (tertiary/aromatic N) is 3. The van der Waals surface area contributed by atoms with Crippen LogP contribution in [0.2, 0.25) is 0 Å². The maximum atomic E-state index is 13.2. The maximum absolute atomic E-state index is 13.2. The summed E-state index contributed by atoms with van der Waals surface area (Å²) in [6.45, 7) is 1.51. The molecule has 2 aromatic heterocycles. The first-order chi connectivity index (χ1) is 12.6. The molecule has 0 spiro atoms. The van der Waals surface area contributed by atoms with Gasteiger partial charge in [-0.15, -0.1) is 0 Å². The van der Waals surface area contributed by atoms with E-state index in [0.29, 0.717) is 12.4 Å². The van der Waals surface area contributed by atoms with Gasteiger partial charge in [-0.2, -0.15) is 10.1 Å². The van der Waals surface area contributed by atoms with E-state index in [1.54, 1.807) is 18.3 Å². The summed E-state index contributed by atoms with van der Waals surface area (Å²) in [5, 5.41) is 7.29. The SMILES string of the molecule is Nc1nc(N2CCCC(c3[nH]ncc3-c3ccc(F)cc3)C2)cc(=O)[nH]1. The average molecular weight is 354 g/mol. The van der Waals surface area contributed by atoms with Crippen LogP contribution >= 0.6 is 0 Å². The van der Waals surface area contributed by atoms with Gasteiger partial charge in [0.1, 0.15) is 11.6 Å². The first-order valence-electron chi connectivity index (χ1n) is 8.51. The number of rotatable bonds is 3. The number of H-pyrrole nitrogens is 2. The molecule has 1 fully saturated rings. The normalized spacial score (nSPS) is 17.4. The molecule has 4 N–H and O–H groups in total. The summed E-state index contributed by atoms with van der Waals surface area (Å²) in [5.41, 5.74) is 8.31. The van der Waals surface area contributed by atoms with E-state index in [9.17, 15) is 9.18 Å². The Balaban J connectivity index is 1.62. The summed E-state index contributed by atoms with van der Waals surface area (Å²) in [7, 11) is 0. The van der Waals surface area contributed by atoms with Crippen LogP contribution in [0.5, 0.6) is 0 Å². The molecule has 0 amide bonds. The van der Waals surface area contributed by atoms with Gasteiger partial charge in [-0.3, -0.25) is 14.9 Å². The number of halogens is 1. The molecule has 26 heavy (non-hydrogen) atoms. The Bertz CT molecular complexity index is 964. The molecular weight excluding hydrogens is 335 g/mol. The summed E-state index contributed by atoms with van der Waals surface area (Å²) in [5.74, 6) is 0.635. The van der Waals surface area contributed by atoms with E-state index in [4.69, 9.17) is 5.73 Å². The third-order valence-corrected chi connectivity index (χ3v) is 4.72. The smallest absolute Gasteiger partial charge is 0.254 e. The Morgan fingerprint density at radius 2 is 2.08 bits per heavy atom. The van der Waals surface area contributed by atoms with Crippen LogP contribution in [0.1, 0.15) is 24.5 Å². The number of hydrogen-bond donors (Lipinski definition) is 3. The van der Waals surface area contributed by atoms with E-state index in [1.807, 2.05) is 0 Å². The van der Waals surface area contributed by atoms with Crippen molar-refractivity contribution in [1.29, 1.82) is 0 Å². The predicted molar refractivity (Wildman–Crippen MR) is 97.4 cm³/mol. The molecule has 3 aromatic rings. The number of hydrogen-bond acceptors (Lipinski definition) is 5. The summed E-state index contributed by atoms with van der Waals surface area (Å²) in [6.07, 6.45) is 3.72. The second-order valence-corrected chi connectivity index (χ2v) is 6.48. The number of benzene rings is 1. The van der Waals surface area contributed by atoms with E-state index in [0.717, 1.165) is 36.2 Å². The molecule has 1 atom stereocenters. The Hall–Kier alpha value is -3.16. The first kappa shape index (κ1) is 16.3. The van der Waals surface area contributed by atoms with E-state index in [2.05, 4.69) is 25.1 Å². The van der Waals surface area contributed by atoms with Crippen molar-refractivity contribution >= 4 is 11.8 Å². The third kappa shape index (κ3) is 3.17. The van der Waals surface area contributed by atoms with Gasteiger partial charge in [-0.05, 0) is 30.5 Å². The van der Waals surface area contributed by atoms with E-state index < -0.39 is 0 Å². The lowest BCUT2D eigenvalue weighted by Gasteiger charge is -2.33. The van der Waals surface area contributed by atoms with Crippen molar-refractivity contribution in [2.45, 2.75) is 18.8 Å². The van der Waals surface area contributed by atoms with Crippen LogP contribution in [-0.2, 0) is 0 Å². The molecule has 0 saturated carbocycles. The number of piperidine rings is 1. The highest BCUT2D eigenvalue weighted by Gasteiger charge is 2.26. The van der Waals surface area contributed by atoms with Crippen LogP contribution in [0.4, 0.5) is 16.2 Å². The summed E-state index contributed by atoms with van der Waals surface area (Å²) < 4.78 is 13.2. The van der Waals surface area contributed by atoms with Crippen molar-refractivity contribution in [3.63, 3.8) is 0 Å². The summed E-state index contributed by atoms with van der Waals surface area (Å²) in [6, 6.07) is 7.86. The zero-order valence-corrected chi connectivity index (χ0v) is 14.1. The lowest BCUT2D eigenvalue weighted by molar-refractivity contribution is 0.498. The Labute approximate surface area is 149 Å². The number of anilines is 2. The molecular formula is C18H19FN6O. The van der Waals surface area contributed by atoms with E-state index in [-0.39, 0.29) is 23.2 Å². The Morgan fingerprint density at radius 1 is 1.27 bits per heavy atom. The minimum atomic E-state index is -0.263. The number of aromatic nitrogens is 4. The molecule has 4 rings (SSSR count). The lowest BCUT2D eigenvalue weighted by Crippen LogP contribution is -2.36. The van der Waals surface area contributed by atoms with Crippen molar-refractivity contribution in [2.75, 3.05) is 23.7 Å². The van der Waals surface area contributed by atoms with Gasteiger partial charge in [0.25, 0.3) is 5.56 Å². The Kier molecular flexibility index (Phi) is 4.16. The van der Waals surface area contributed by atoms with Crippen LogP contribution in [-0.4, -0.2) is 33.3 Å². The zero-order chi connectivity index (χ0) is 18.1. The average Bonchev–Trinajstić information content (AvgIpc) is 3.11. The van der Waals surface area contributed by atoms with Crippen molar-refractivity contribution in [3.05, 3.63) is 58.4 Å². The number of aromatic amines is 2. The highest BCUT2D eigenvalue weighted by Crippen LogP contribution is 2.34. The first-order valence-corrected chi connectivity index (χ1v) is 8.51. The van der Waals surface area contributed by atoms with Crippen molar-refractivity contribution in [1.82, 2.24) is 20.2 Å². The topological polar surface area (TPSA) is 104 Å². The monoisotopic (exact) mass is 354 g/mol. The Morgan fingerprint density at radius 3 is 2.85 bits per heavy atom. The lowest BCUT2D eigenvalue weighted by atomic mass is 9.90. The minimum Gasteiger partial charge on any atom is -0.369 e. The fraction of sp³-hybridized carbons (Fsp3) is 0.278. The minimum absolute atomic E-state index is 0.114. The van der Waals surface area contributed by atoms with Crippen LogP contribution in [0.15, 0.2) is 41.3 Å². The van der Waals surface area contributed by atoms with Gasteiger partial charge in [0.15, 0.2) is 0 Å². The fourth-order valence-corrected chi connectivity index (χ4v) is 3.51. The molecule has 1 aliphatic heterocycles. The predicted octanol–water partition coefficient (Wildman–Crippen LogP) is 2.27. The number of nitrogen functional groups attached to an aromatic ring is 1. The number of nitrogens with one attached hydrogen (secondary N) is 2. The highest BCUT2D eigenvalue weighted by molar-refractivity contribution is 5.66. The van der Waals surface area contributed by atoms with E-state index >= 15 is 0 Å². The molecule has 1 aromatic carbocycles. The van der Waals surface area contributed by atoms with Crippen LogP contribution < -0.4 is 16.2 Å². The van der Waals surface area contributed by atoms with E-state index in [1.165, 1.54) is 18.2 Å². The van der Waals surface area contributed by atoms with Gasteiger partial charge < -0.3 is 10.6 Å². The van der Waals surface area contributed by atoms with Gasteiger partial charge in [0, 0.05) is 36.3 Å². The second-order valence-electron chi connectivity index (χ2n) is 6.48. The van der Waals surface area contributed by atoms with Gasteiger partial charge in [0.05, 0.1) is 6.20 Å². The molecule has 8 heteroatoms. The van der Waals surface area contributed by atoms with Gasteiger partial charge in [0.2, 0.25) is 5.95 Å². The quantitative estimate of drug-likeness (QED) is 0.669. The number of nitrogens with two attached hydrogens (primary N) is 1. The van der Waals surface area contributed by atoms with Gasteiger partial charge >= 0.3 is 0 Å². The van der Waals surface area contributed by atoms with Crippen LogP contribution in [0, 0.1) is 5.82 Å². The molecule has 0 bridgehead atoms. The summed E-state index contributed by atoms with van der Waals surface area (Å²) in [4.78, 5) is 20.5.